The van der Waals surface area contributed by atoms with Crippen LogP contribution in [0.4, 0.5) is 11.4 Å². The number of hydrogen-bond donors (Lipinski definition) is 2. The van der Waals surface area contributed by atoms with Crippen LogP contribution in [-0.4, -0.2) is 18.4 Å². The summed E-state index contributed by atoms with van der Waals surface area (Å²) in [7, 11) is 0. The van der Waals surface area contributed by atoms with Gasteiger partial charge in [-0.05, 0) is 48.9 Å². The van der Waals surface area contributed by atoms with Crippen LogP contribution in [0.3, 0.4) is 0 Å². The molecule has 0 aliphatic carbocycles. The fraction of sp³-hybridized carbons (Fsp3) is 0.263. The SMILES string of the molecule is CCC(=O)Nc1ccc(NC(=O)CCCOc2ccc(Cl)cc2Cl)cc1. The van der Waals surface area contributed by atoms with Crippen molar-refractivity contribution in [3.63, 3.8) is 0 Å². The predicted octanol–water partition coefficient (Wildman–Crippen LogP) is 5.14. The average molecular weight is 395 g/mol. The molecule has 2 amide bonds. The zero-order valence-electron chi connectivity index (χ0n) is 14.4. The Balaban J connectivity index is 1.72. The lowest BCUT2D eigenvalue weighted by molar-refractivity contribution is -0.117. The summed E-state index contributed by atoms with van der Waals surface area (Å²) in [5.74, 6) is 0.380. The number of halogens is 2. The molecule has 5 nitrogen and oxygen atoms in total. The van der Waals surface area contributed by atoms with E-state index in [0.29, 0.717) is 53.0 Å². The summed E-state index contributed by atoms with van der Waals surface area (Å²) >= 11 is 11.8. The van der Waals surface area contributed by atoms with Gasteiger partial charge in [-0.25, -0.2) is 0 Å². The maximum absolute atomic E-state index is 12.0. The lowest BCUT2D eigenvalue weighted by atomic mass is 10.2. The van der Waals surface area contributed by atoms with E-state index in [-0.39, 0.29) is 11.8 Å². The average Bonchev–Trinajstić information content (AvgIpc) is 2.61. The third kappa shape index (κ3) is 6.58. The molecule has 0 atom stereocenters. The summed E-state index contributed by atoms with van der Waals surface area (Å²) < 4.78 is 5.54. The number of carbonyl (C=O) groups is 2. The molecule has 0 unspecified atom stereocenters. The molecule has 2 aromatic carbocycles. The maximum atomic E-state index is 12.0. The summed E-state index contributed by atoms with van der Waals surface area (Å²) in [6, 6.07) is 12.0. The summed E-state index contributed by atoms with van der Waals surface area (Å²) in [5.41, 5.74) is 1.37. The highest BCUT2D eigenvalue weighted by molar-refractivity contribution is 6.35. The van der Waals surface area contributed by atoms with E-state index in [4.69, 9.17) is 27.9 Å². The fourth-order valence-corrected chi connectivity index (χ4v) is 2.58. The largest absolute Gasteiger partial charge is 0.492 e. The number of amides is 2. The van der Waals surface area contributed by atoms with Gasteiger partial charge in [0.1, 0.15) is 5.75 Å². The van der Waals surface area contributed by atoms with Gasteiger partial charge in [-0.15, -0.1) is 0 Å². The normalized spacial score (nSPS) is 10.3. The van der Waals surface area contributed by atoms with Crippen LogP contribution in [-0.2, 0) is 9.59 Å². The van der Waals surface area contributed by atoms with E-state index in [2.05, 4.69) is 10.6 Å². The van der Waals surface area contributed by atoms with Gasteiger partial charge in [-0.2, -0.15) is 0 Å². The molecule has 7 heteroatoms. The number of anilines is 2. The van der Waals surface area contributed by atoms with Crippen LogP contribution in [0.5, 0.6) is 5.75 Å². The van der Waals surface area contributed by atoms with Gasteiger partial charge in [0.2, 0.25) is 11.8 Å². The Morgan fingerprint density at radius 1 is 0.962 bits per heavy atom. The van der Waals surface area contributed by atoms with E-state index < -0.39 is 0 Å². The van der Waals surface area contributed by atoms with Crippen molar-refractivity contribution in [1.29, 1.82) is 0 Å². The molecule has 0 aliphatic rings. The second kappa shape index (κ2) is 10.0. The van der Waals surface area contributed by atoms with E-state index in [9.17, 15) is 9.59 Å². The summed E-state index contributed by atoms with van der Waals surface area (Å²) in [6.07, 6.45) is 1.29. The Morgan fingerprint density at radius 3 is 2.15 bits per heavy atom. The summed E-state index contributed by atoms with van der Waals surface area (Å²) in [5, 5.41) is 6.54. The zero-order valence-corrected chi connectivity index (χ0v) is 15.9. The van der Waals surface area contributed by atoms with Gasteiger partial charge in [-0.3, -0.25) is 9.59 Å². The van der Waals surface area contributed by atoms with Gasteiger partial charge in [0.15, 0.2) is 0 Å². The van der Waals surface area contributed by atoms with Crippen LogP contribution in [0.2, 0.25) is 10.0 Å². The highest BCUT2D eigenvalue weighted by Gasteiger charge is 2.06. The standard InChI is InChI=1S/C19H20Cl2N2O3/c1-2-18(24)22-14-6-8-15(9-7-14)23-19(25)4-3-11-26-17-10-5-13(20)12-16(17)21/h5-10,12H,2-4,11H2,1H3,(H,22,24)(H,23,25). The highest BCUT2D eigenvalue weighted by Crippen LogP contribution is 2.27. The van der Waals surface area contributed by atoms with Gasteiger partial charge in [0.25, 0.3) is 0 Å². The Labute approximate surface area is 162 Å². The first-order valence-electron chi connectivity index (χ1n) is 8.25. The molecule has 0 saturated heterocycles. The van der Waals surface area contributed by atoms with Gasteiger partial charge >= 0.3 is 0 Å². The van der Waals surface area contributed by atoms with Crippen molar-refractivity contribution < 1.29 is 14.3 Å². The molecule has 0 aliphatic heterocycles. The third-order valence-corrected chi connectivity index (χ3v) is 4.00. The third-order valence-electron chi connectivity index (χ3n) is 3.47. The van der Waals surface area contributed by atoms with E-state index >= 15 is 0 Å². The number of carbonyl (C=O) groups excluding carboxylic acids is 2. The molecule has 26 heavy (non-hydrogen) atoms. The number of benzene rings is 2. The summed E-state index contributed by atoms with van der Waals surface area (Å²) in [6.45, 7) is 2.16. The number of rotatable bonds is 8. The topological polar surface area (TPSA) is 67.4 Å². The van der Waals surface area contributed by atoms with Crippen LogP contribution in [0.25, 0.3) is 0 Å². The second-order valence-corrected chi connectivity index (χ2v) is 6.40. The van der Waals surface area contributed by atoms with Gasteiger partial charge in [0.05, 0.1) is 11.6 Å². The molecule has 0 bridgehead atoms. The van der Waals surface area contributed by atoms with Crippen LogP contribution < -0.4 is 15.4 Å². The monoisotopic (exact) mass is 394 g/mol. The van der Waals surface area contributed by atoms with E-state index in [1.807, 2.05) is 0 Å². The lowest BCUT2D eigenvalue weighted by Crippen LogP contribution is -2.13. The van der Waals surface area contributed by atoms with Crippen LogP contribution in [0, 0.1) is 0 Å². The van der Waals surface area contributed by atoms with Crippen molar-refractivity contribution in [3.05, 3.63) is 52.5 Å². The van der Waals surface area contributed by atoms with E-state index in [1.54, 1.807) is 49.4 Å². The minimum Gasteiger partial charge on any atom is -0.492 e. The quantitative estimate of drug-likeness (QED) is 0.609. The van der Waals surface area contributed by atoms with Crippen molar-refractivity contribution in [2.75, 3.05) is 17.2 Å². The molecule has 0 radical (unpaired) electrons. The first-order chi connectivity index (χ1) is 12.5. The highest BCUT2D eigenvalue weighted by atomic mass is 35.5. The molecular weight excluding hydrogens is 375 g/mol. The van der Waals surface area contributed by atoms with Crippen molar-refractivity contribution >= 4 is 46.4 Å². The Bertz CT molecular complexity index is 764. The maximum Gasteiger partial charge on any atom is 0.224 e. The number of hydrogen-bond acceptors (Lipinski definition) is 3. The minimum absolute atomic E-state index is 0.0532. The molecule has 0 spiro atoms. The first-order valence-corrected chi connectivity index (χ1v) is 9.01. The predicted molar refractivity (Wildman–Crippen MR) is 105 cm³/mol. The first kappa shape index (κ1) is 20.1. The molecule has 138 valence electrons. The van der Waals surface area contributed by atoms with Gasteiger partial charge < -0.3 is 15.4 Å². The van der Waals surface area contributed by atoms with Crippen LogP contribution >= 0.6 is 23.2 Å². The Kier molecular flexibility index (Phi) is 7.75. The molecule has 0 aromatic heterocycles. The molecule has 2 aromatic rings. The second-order valence-electron chi connectivity index (χ2n) is 5.55. The van der Waals surface area contributed by atoms with E-state index in [1.165, 1.54) is 0 Å². The summed E-state index contributed by atoms with van der Waals surface area (Å²) in [4.78, 5) is 23.3. The number of ether oxygens (including phenoxy) is 1. The van der Waals surface area contributed by atoms with Gasteiger partial charge in [-0.1, -0.05) is 30.1 Å². The molecule has 0 heterocycles. The zero-order chi connectivity index (χ0) is 18.9. The van der Waals surface area contributed by atoms with Crippen molar-refractivity contribution in [1.82, 2.24) is 0 Å². The number of nitrogens with one attached hydrogen (secondary N) is 2. The van der Waals surface area contributed by atoms with Crippen molar-refractivity contribution in [2.45, 2.75) is 26.2 Å². The molecule has 0 saturated carbocycles. The molecular formula is C19H20Cl2N2O3. The Hall–Kier alpha value is -2.24. The van der Waals surface area contributed by atoms with Gasteiger partial charge in [0, 0.05) is 29.2 Å². The smallest absolute Gasteiger partial charge is 0.224 e. The van der Waals surface area contributed by atoms with Crippen molar-refractivity contribution in [3.8, 4) is 5.75 Å². The van der Waals surface area contributed by atoms with Crippen LogP contribution in [0.1, 0.15) is 26.2 Å². The lowest BCUT2D eigenvalue weighted by Gasteiger charge is -2.09. The molecule has 2 rings (SSSR count). The molecule has 0 fully saturated rings. The molecule has 2 N–H and O–H groups in total. The minimum atomic E-state index is -0.110. The fourth-order valence-electron chi connectivity index (χ4n) is 2.12. The van der Waals surface area contributed by atoms with Crippen molar-refractivity contribution in [2.24, 2.45) is 0 Å². The van der Waals surface area contributed by atoms with E-state index in [0.717, 1.165) is 0 Å². The Morgan fingerprint density at radius 2 is 1.58 bits per heavy atom. The van der Waals surface area contributed by atoms with Crippen LogP contribution in [0.15, 0.2) is 42.5 Å².